The number of hydrogen-bond donors (Lipinski definition) is 1. The van der Waals surface area contributed by atoms with E-state index in [0.717, 1.165) is 53.0 Å². The summed E-state index contributed by atoms with van der Waals surface area (Å²) in [6.45, 7) is 12.3. The summed E-state index contributed by atoms with van der Waals surface area (Å²) in [5.74, 6) is 0.834. The molecular formula is C18H16Cl2N4OS. The first-order valence-corrected chi connectivity index (χ1v) is 9.87. The lowest BCUT2D eigenvalue weighted by Gasteiger charge is -2.28. The Hall–Kier alpha value is -1.78. The maximum absolute atomic E-state index is 7.83. The molecule has 134 valence electrons. The summed E-state index contributed by atoms with van der Waals surface area (Å²) in [6.07, 6.45) is 0. The van der Waals surface area contributed by atoms with E-state index in [1.54, 1.807) is 23.5 Å². The fourth-order valence-corrected chi connectivity index (χ4v) is 4.95. The maximum Gasteiger partial charge on any atom is 0.229 e. The van der Waals surface area contributed by atoms with Gasteiger partial charge in [-0.1, -0.05) is 29.3 Å². The molecule has 3 heterocycles. The van der Waals surface area contributed by atoms with Gasteiger partial charge in [0.15, 0.2) is 0 Å². The van der Waals surface area contributed by atoms with E-state index in [4.69, 9.17) is 34.5 Å². The Morgan fingerprint density at radius 3 is 2.73 bits per heavy atom. The van der Waals surface area contributed by atoms with Crippen LogP contribution in [-0.4, -0.2) is 45.2 Å². The number of hydrogen-bond acceptors (Lipinski definition) is 5. The zero-order valence-electron chi connectivity index (χ0n) is 13.9. The lowest BCUT2D eigenvalue weighted by molar-refractivity contribution is 0.123. The fraction of sp³-hybridized carbons (Fsp3) is 0.333. The highest BCUT2D eigenvalue weighted by molar-refractivity contribution is 7.19. The molecule has 4 rings (SSSR count). The number of ether oxygens (including phenoxy) is 1. The van der Waals surface area contributed by atoms with Crippen molar-refractivity contribution in [2.24, 2.45) is 4.99 Å². The largest absolute Gasteiger partial charge is 0.378 e. The number of morpholine rings is 1. The highest BCUT2D eigenvalue weighted by Crippen LogP contribution is 2.50. The second-order valence-electron chi connectivity index (χ2n) is 5.95. The van der Waals surface area contributed by atoms with Crippen LogP contribution < -0.4 is 10.2 Å². The van der Waals surface area contributed by atoms with Crippen molar-refractivity contribution in [3.63, 3.8) is 0 Å². The van der Waals surface area contributed by atoms with Crippen LogP contribution in [0, 0.1) is 6.57 Å². The summed E-state index contributed by atoms with van der Waals surface area (Å²) in [5, 5.41) is 5.39. The Bertz CT molecular complexity index is 913. The second-order valence-corrected chi connectivity index (χ2v) is 7.80. The number of thiophene rings is 1. The van der Waals surface area contributed by atoms with E-state index >= 15 is 0 Å². The molecule has 8 heteroatoms. The fourth-order valence-electron chi connectivity index (χ4n) is 3.15. The van der Waals surface area contributed by atoms with Crippen LogP contribution in [-0.2, 0) is 4.74 Å². The number of amidine groups is 1. The molecule has 0 saturated carbocycles. The number of anilines is 1. The van der Waals surface area contributed by atoms with Crippen LogP contribution in [0.1, 0.15) is 4.88 Å². The zero-order valence-corrected chi connectivity index (χ0v) is 16.2. The van der Waals surface area contributed by atoms with Crippen molar-refractivity contribution in [2.45, 2.75) is 0 Å². The summed E-state index contributed by atoms with van der Waals surface area (Å²) >= 11 is 14.2. The predicted molar refractivity (Wildman–Crippen MR) is 108 cm³/mol. The third kappa shape index (κ3) is 3.17. The molecule has 1 fully saturated rings. The van der Waals surface area contributed by atoms with E-state index in [0.29, 0.717) is 28.9 Å². The van der Waals surface area contributed by atoms with Crippen molar-refractivity contribution < 1.29 is 4.74 Å². The van der Waals surface area contributed by atoms with Gasteiger partial charge >= 0.3 is 0 Å². The molecule has 0 aliphatic carbocycles. The molecule has 0 amide bonds. The molecule has 5 nitrogen and oxygen atoms in total. The summed E-state index contributed by atoms with van der Waals surface area (Å²) in [5.41, 5.74) is 2.26. The summed E-state index contributed by atoms with van der Waals surface area (Å²) in [4.78, 5) is 11.6. The molecule has 1 N–H and O–H groups in total. The number of nitrogens with zero attached hydrogens (tertiary/aromatic N) is 3. The quantitative estimate of drug-likeness (QED) is 0.764. The van der Waals surface area contributed by atoms with Crippen LogP contribution in [0.4, 0.5) is 10.7 Å². The Balaban J connectivity index is 1.92. The summed E-state index contributed by atoms with van der Waals surface area (Å²) in [7, 11) is 0. The first kappa shape index (κ1) is 17.6. The van der Waals surface area contributed by atoms with Crippen molar-refractivity contribution in [3.05, 3.63) is 44.5 Å². The first-order chi connectivity index (χ1) is 12.7. The third-order valence-corrected chi connectivity index (χ3v) is 6.16. The Labute approximate surface area is 166 Å². The van der Waals surface area contributed by atoms with Gasteiger partial charge in [0, 0.05) is 35.2 Å². The average Bonchev–Trinajstić information content (AvgIpc) is 3.30. The highest BCUT2D eigenvalue weighted by atomic mass is 35.5. The average molecular weight is 407 g/mol. The smallest absolute Gasteiger partial charge is 0.229 e. The van der Waals surface area contributed by atoms with Crippen LogP contribution in [0.5, 0.6) is 0 Å². The SMILES string of the molecule is [C-]#[N+]c1c(N2CCOCC2)sc(C2=NCCN2)c1-c1ccc(Cl)cc1Cl. The minimum atomic E-state index is 0.536. The number of nitrogens with one attached hydrogen (secondary N) is 1. The van der Waals surface area contributed by atoms with Crippen molar-refractivity contribution in [1.29, 1.82) is 0 Å². The molecule has 2 aliphatic heterocycles. The lowest BCUT2D eigenvalue weighted by Crippen LogP contribution is -2.35. The van der Waals surface area contributed by atoms with E-state index < -0.39 is 0 Å². The zero-order chi connectivity index (χ0) is 18.1. The van der Waals surface area contributed by atoms with E-state index in [2.05, 4.69) is 20.1 Å². The van der Waals surface area contributed by atoms with E-state index in [9.17, 15) is 0 Å². The van der Waals surface area contributed by atoms with E-state index in [1.165, 1.54) is 0 Å². The second kappa shape index (κ2) is 7.45. The number of benzene rings is 1. The highest BCUT2D eigenvalue weighted by Gasteiger charge is 2.28. The molecule has 2 aromatic rings. The van der Waals surface area contributed by atoms with Crippen LogP contribution in [0.15, 0.2) is 23.2 Å². The molecule has 0 radical (unpaired) electrons. The van der Waals surface area contributed by atoms with Gasteiger partial charge < -0.3 is 15.0 Å². The maximum atomic E-state index is 7.83. The van der Waals surface area contributed by atoms with Crippen LogP contribution in [0.25, 0.3) is 16.0 Å². The molecule has 0 unspecified atom stereocenters. The normalized spacial score (nSPS) is 17.0. The van der Waals surface area contributed by atoms with Gasteiger partial charge in [-0.15, -0.1) is 11.3 Å². The number of rotatable bonds is 3. The molecule has 2 aliphatic rings. The lowest BCUT2D eigenvalue weighted by atomic mass is 10.0. The Kier molecular flexibility index (Phi) is 5.05. The van der Waals surface area contributed by atoms with Gasteiger partial charge in [0.25, 0.3) is 0 Å². The van der Waals surface area contributed by atoms with Gasteiger partial charge in [-0.3, -0.25) is 4.99 Å². The number of halogens is 2. The predicted octanol–water partition coefficient (Wildman–Crippen LogP) is 4.46. The van der Waals surface area contributed by atoms with Gasteiger partial charge in [-0.05, 0) is 17.7 Å². The van der Waals surface area contributed by atoms with Crippen molar-refractivity contribution >= 4 is 51.1 Å². The van der Waals surface area contributed by atoms with Crippen LogP contribution >= 0.6 is 34.5 Å². The minimum Gasteiger partial charge on any atom is -0.378 e. The van der Waals surface area contributed by atoms with Gasteiger partial charge in [0.1, 0.15) is 5.84 Å². The minimum absolute atomic E-state index is 0.536. The molecule has 0 bridgehead atoms. The van der Waals surface area contributed by atoms with Gasteiger partial charge in [0.05, 0.1) is 36.2 Å². The standard InChI is InChI=1S/C18H16Cl2N4OS/c1-21-15-14(12-3-2-11(19)10-13(12)20)16(17-22-4-5-23-17)26-18(15)24-6-8-25-9-7-24/h2-3,10H,4-9H2,(H,22,23). The molecule has 1 aromatic heterocycles. The summed E-state index contributed by atoms with van der Waals surface area (Å²) in [6, 6.07) is 5.39. The molecule has 26 heavy (non-hydrogen) atoms. The number of aliphatic imine (C=N–C) groups is 1. The molecule has 0 atom stereocenters. The summed E-state index contributed by atoms with van der Waals surface area (Å²) < 4.78 is 5.46. The molecule has 1 saturated heterocycles. The Morgan fingerprint density at radius 1 is 1.27 bits per heavy atom. The topological polar surface area (TPSA) is 41.2 Å². The third-order valence-electron chi connectivity index (χ3n) is 4.36. The van der Waals surface area contributed by atoms with Crippen molar-refractivity contribution in [2.75, 3.05) is 44.3 Å². The van der Waals surface area contributed by atoms with Crippen molar-refractivity contribution in [1.82, 2.24) is 5.32 Å². The van der Waals surface area contributed by atoms with Crippen LogP contribution in [0.3, 0.4) is 0 Å². The van der Waals surface area contributed by atoms with Gasteiger partial charge in [0.2, 0.25) is 5.69 Å². The Morgan fingerprint density at radius 2 is 2.08 bits per heavy atom. The molecular weight excluding hydrogens is 391 g/mol. The molecule has 0 spiro atoms. The molecule has 1 aromatic carbocycles. The van der Waals surface area contributed by atoms with Gasteiger partial charge in [-0.25, -0.2) is 4.85 Å². The first-order valence-electron chi connectivity index (χ1n) is 8.30. The van der Waals surface area contributed by atoms with E-state index in [-0.39, 0.29) is 0 Å². The van der Waals surface area contributed by atoms with Crippen LogP contribution in [0.2, 0.25) is 10.0 Å². The monoisotopic (exact) mass is 406 g/mol. The van der Waals surface area contributed by atoms with Crippen molar-refractivity contribution in [3.8, 4) is 11.1 Å². The van der Waals surface area contributed by atoms with Gasteiger partial charge in [-0.2, -0.15) is 0 Å². The van der Waals surface area contributed by atoms with E-state index in [1.807, 2.05) is 6.07 Å².